The summed E-state index contributed by atoms with van der Waals surface area (Å²) in [6.45, 7) is 0.542. The Morgan fingerprint density at radius 1 is 1.32 bits per heavy atom. The molecule has 0 radical (unpaired) electrons. The summed E-state index contributed by atoms with van der Waals surface area (Å²) in [5.74, 6) is 0. The minimum atomic E-state index is -3.57. The van der Waals surface area contributed by atoms with Gasteiger partial charge in [-0.2, -0.15) is 5.10 Å². The van der Waals surface area contributed by atoms with Gasteiger partial charge in [0.1, 0.15) is 0 Å². The molecule has 102 valence electrons. The van der Waals surface area contributed by atoms with Crippen LogP contribution >= 0.6 is 0 Å². The molecule has 3 N–H and O–H groups in total. The molecule has 1 heterocycles. The summed E-state index contributed by atoms with van der Waals surface area (Å²) in [5.41, 5.74) is 6.90. The van der Waals surface area contributed by atoms with Crippen LogP contribution in [0.15, 0.2) is 41.6 Å². The predicted molar refractivity (Wildman–Crippen MR) is 73.2 cm³/mol. The molecule has 7 heteroatoms. The molecule has 19 heavy (non-hydrogen) atoms. The van der Waals surface area contributed by atoms with E-state index in [1.807, 2.05) is 0 Å². The van der Waals surface area contributed by atoms with Gasteiger partial charge >= 0.3 is 0 Å². The van der Waals surface area contributed by atoms with E-state index in [2.05, 4.69) is 9.82 Å². The Balaban J connectivity index is 2.19. The highest BCUT2D eigenvalue weighted by Gasteiger charge is 2.14. The first kappa shape index (κ1) is 13.6. The van der Waals surface area contributed by atoms with Crippen molar-refractivity contribution in [3.63, 3.8) is 0 Å². The van der Waals surface area contributed by atoms with Gasteiger partial charge in [-0.1, -0.05) is 12.1 Å². The second kappa shape index (κ2) is 5.41. The number of nitrogens with one attached hydrogen (secondary N) is 1. The zero-order valence-electron chi connectivity index (χ0n) is 10.6. The summed E-state index contributed by atoms with van der Waals surface area (Å²) in [4.78, 5) is 0.220. The van der Waals surface area contributed by atoms with E-state index in [0.29, 0.717) is 12.2 Å². The van der Waals surface area contributed by atoms with Crippen molar-refractivity contribution in [1.82, 2.24) is 9.78 Å². The third-order valence-electron chi connectivity index (χ3n) is 2.62. The molecule has 0 aliphatic carbocycles. The van der Waals surface area contributed by atoms with Crippen LogP contribution in [0.2, 0.25) is 0 Å². The zero-order chi connectivity index (χ0) is 13.9. The van der Waals surface area contributed by atoms with Crippen LogP contribution in [0.1, 0.15) is 5.56 Å². The number of benzene rings is 1. The highest BCUT2D eigenvalue weighted by atomic mass is 32.2. The summed E-state index contributed by atoms with van der Waals surface area (Å²) in [5, 5.41) is 3.91. The minimum Gasteiger partial charge on any atom is -0.330 e. The molecule has 2 aromatic rings. The van der Waals surface area contributed by atoms with Gasteiger partial charge in [0, 0.05) is 13.2 Å². The summed E-state index contributed by atoms with van der Waals surface area (Å²) < 4.78 is 28.2. The highest BCUT2D eigenvalue weighted by molar-refractivity contribution is 7.92. The van der Waals surface area contributed by atoms with Gasteiger partial charge in [-0.05, 0) is 30.7 Å². The van der Waals surface area contributed by atoms with E-state index in [1.165, 1.54) is 10.9 Å². The molecule has 0 bridgehead atoms. The van der Waals surface area contributed by atoms with Gasteiger partial charge in [0.05, 0.1) is 16.8 Å². The SMILES string of the molecule is Cn1cc(NS(=O)(=O)c2ccc(CCN)cc2)cn1. The average molecular weight is 280 g/mol. The lowest BCUT2D eigenvalue weighted by molar-refractivity contribution is 0.601. The van der Waals surface area contributed by atoms with Gasteiger partial charge in [-0.25, -0.2) is 8.42 Å². The van der Waals surface area contributed by atoms with Crippen LogP contribution in [0.3, 0.4) is 0 Å². The van der Waals surface area contributed by atoms with E-state index in [-0.39, 0.29) is 4.90 Å². The van der Waals surface area contributed by atoms with Gasteiger partial charge in [0.15, 0.2) is 0 Å². The van der Waals surface area contributed by atoms with E-state index in [9.17, 15) is 8.42 Å². The van der Waals surface area contributed by atoms with Gasteiger partial charge in [0.25, 0.3) is 10.0 Å². The fraction of sp³-hybridized carbons (Fsp3) is 0.250. The molecule has 1 aromatic carbocycles. The number of nitrogens with zero attached hydrogens (tertiary/aromatic N) is 2. The van der Waals surface area contributed by atoms with Crippen molar-refractivity contribution >= 4 is 15.7 Å². The molecule has 0 unspecified atom stereocenters. The van der Waals surface area contributed by atoms with Crippen molar-refractivity contribution in [3.8, 4) is 0 Å². The van der Waals surface area contributed by atoms with Crippen molar-refractivity contribution in [2.75, 3.05) is 11.3 Å². The van der Waals surface area contributed by atoms with Crippen LogP contribution < -0.4 is 10.5 Å². The lowest BCUT2D eigenvalue weighted by Gasteiger charge is -2.06. The minimum absolute atomic E-state index is 0.220. The Labute approximate surface area is 112 Å². The Hall–Kier alpha value is -1.86. The van der Waals surface area contributed by atoms with E-state index >= 15 is 0 Å². The van der Waals surface area contributed by atoms with Crippen molar-refractivity contribution in [1.29, 1.82) is 0 Å². The number of anilines is 1. The van der Waals surface area contributed by atoms with E-state index in [4.69, 9.17) is 5.73 Å². The van der Waals surface area contributed by atoms with Gasteiger partial charge < -0.3 is 5.73 Å². The van der Waals surface area contributed by atoms with E-state index in [0.717, 1.165) is 12.0 Å². The van der Waals surface area contributed by atoms with Crippen molar-refractivity contribution in [3.05, 3.63) is 42.2 Å². The van der Waals surface area contributed by atoms with Gasteiger partial charge in [-0.3, -0.25) is 9.40 Å². The van der Waals surface area contributed by atoms with Crippen molar-refractivity contribution < 1.29 is 8.42 Å². The maximum absolute atomic E-state index is 12.1. The van der Waals surface area contributed by atoms with E-state index in [1.54, 1.807) is 37.5 Å². The first-order chi connectivity index (χ1) is 9.01. The molecule has 0 amide bonds. The molecule has 0 atom stereocenters. The molecule has 2 rings (SSSR count). The fourth-order valence-electron chi connectivity index (χ4n) is 1.69. The lowest BCUT2D eigenvalue weighted by Crippen LogP contribution is -2.12. The zero-order valence-corrected chi connectivity index (χ0v) is 11.4. The first-order valence-electron chi connectivity index (χ1n) is 5.82. The van der Waals surface area contributed by atoms with E-state index < -0.39 is 10.0 Å². The van der Waals surface area contributed by atoms with Crippen LogP contribution in [0, 0.1) is 0 Å². The van der Waals surface area contributed by atoms with Gasteiger partial charge in [0.2, 0.25) is 0 Å². The van der Waals surface area contributed by atoms with Crippen LogP contribution in [0.4, 0.5) is 5.69 Å². The second-order valence-electron chi connectivity index (χ2n) is 4.19. The summed E-state index contributed by atoms with van der Waals surface area (Å²) in [7, 11) is -1.84. The molecule has 0 saturated carbocycles. The standard InChI is InChI=1S/C12H16N4O2S/c1-16-9-11(8-14-16)15-19(17,18)12-4-2-10(3-5-12)6-7-13/h2-5,8-9,15H,6-7,13H2,1H3. The topological polar surface area (TPSA) is 90.0 Å². The molecule has 0 aliphatic rings. The molecular weight excluding hydrogens is 264 g/mol. The van der Waals surface area contributed by atoms with Crippen LogP contribution in [0.5, 0.6) is 0 Å². The van der Waals surface area contributed by atoms with Gasteiger partial charge in [-0.15, -0.1) is 0 Å². The summed E-state index contributed by atoms with van der Waals surface area (Å²) in [6.07, 6.45) is 3.79. The molecular formula is C12H16N4O2S. The molecule has 0 spiro atoms. The number of rotatable bonds is 5. The quantitative estimate of drug-likeness (QED) is 0.844. The van der Waals surface area contributed by atoms with Crippen molar-refractivity contribution in [2.45, 2.75) is 11.3 Å². The molecule has 1 aromatic heterocycles. The number of nitrogens with two attached hydrogens (primary N) is 1. The third kappa shape index (κ3) is 3.33. The predicted octanol–water partition coefficient (Wildman–Crippen LogP) is 0.722. The monoisotopic (exact) mass is 280 g/mol. The number of hydrogen-bond donors (Lipinski definition) is 2. The van der Waals surface area contributed by atoms with Crippen molar-refractivity contribution in [2.24, 2.45) is 12.8 Å². The molecule has 0 fully saturated rings. The Kier molecular flexibility index (Phi) is 3.87. The lowest BCUT2D eigenvalue weighted by atomic mass is 10.2. The Morgan fingerprint density at radius 2 is 2.00 bits per heavy atom. The second-order valence-corrected chi connectivity index (χ2v) is 5.87. The number of aromatic nitrogens is 2. The molecule has 0 aliphatic heterocycles. The fourth-order valence-corrected chi connectivity index (χ4v) is 2.72. The summed E-state index contributed by atoms with van der Waals surface area (Å²) in [6, 6.07) is 6.68. The van der Waals surface area contributed by atoms with Crippen LogP contribution in [-0.2, 0) is 23.5 Å². The maximum atomic E-state index is 12.1. The normalized spacial score (nSPS) is 11.5. The average Bonchev–Trinajstić information content (AvgIpc) is 2.75. The van der Waals surface area contributed by atoms with Crippen LogP contribution in [0.25, 0.3) is 0 Å². The summed E-state index contributed by atoms with van der Waals surface area (Å²) >= 11 is 0. The highest BCUT2D eigenvalue weighted by Crippen LogP contribution is 2.15. The Morgan fingerprint density at radius 3 is 2.53 bits per heavy atom. The number of sulfonamides is 1. The first-order valence-corrected chi connectivity index (χ1v) is 7.30. The largest absolute Gasteiger partial charge is 0.330 e. The Bertz CT molecular complexity index is 647. The smallest absolute Gasteiger partial charge is 0.261 e. The number of hydrogen-bond acceptors (Lipinski definition) is 4. The van der Waals surface area contributed by atoms with Crippen LogP contribution in [-0.4, -0.2) is 24.7 Å². The molecule has 6 nitrogen and oxygen atoms in total. The molecule has 0 saturated heterocycles. The maximum Gasteiger partial charge on any atom is 0.261 e. The third-order valence-corrected chi connectivity index (χ3v) is 4.02. The number of aryl methyl sites for hydroxylation is 1.